The van der Waals surface area contributed by atoms with Gasteiger partial charge in [0.25, 0.3) is 0 Å². The minimum absolute atomic E-state index is 0.592. The van der Waals surface area contributed by atoms with E-state index in [1.165, 1.54) is 0 Å². The molecule has 0 atom stereocenters. The second kappa shape index (κ2) is 3.07. The lowest BCUT2D eigenvalue weighted by atomic mass is 10.1. The third-order valence-electron chi connectivity index (χ3n) is 2.91. The second-order valence-electron chi connectivity index (χ2n) is 3.96. The van der Waals surface area contributed by atoms with Gasteiger partial charge in [-0.1, -0.05) is 18.2 Å². The molecule has 3 rings (SSSR count). The fourth-order valence-corrected chi connectivity index (χ4v) is 2.17. The van der Waals surface area contributed by atoms with Crippen LogP contribution in [0.1, 0.15) is 5.56 Å². The fraction of sp³-hybridized carbons (Fsp3) is 0.0769. The second-order valence-corrected chi connectivity index (χ2v) is 3.96. The molecule has 0 spiro atoms. The number of aromatic nitrogens is 1. The van der Waals surface area contributed by atoms with Crippen molar-refractivity contribution in [2.24, 2.45) is 0 Å². The molecule has 3 aromatic rings. The van der Waals surface area contributed by atoms with Crippen LogP contribution in [0.15, 0.2) is 36.4 Å². The van der Waals surface area contributed by atoms with Crippen LogP contribution >= 0.6 is 0 Å². The molecule has 3 heteroatoms. The number of H-pyrrole nitrogens is 1. The van der Waals surface area contributed by atoms with Gasteiger partial charge in [0.15, 0.2) is 4.98 Å². The van der Waals surface area contributed by atoms with Gasteiger partial charge in [-0.3, -0.25) is 0 Å². The summed E-state index contributed by atoms with van der Waals surface area (Å²) < 4.78 is 0. The quantitative estimate of drug-likeness (QED) is 0.555. The van der Waals surface area contributed by atoms with Gasteiger partial charge in [-0.05, 0) is 18.6 Å². The van der Waals surface area contributed by atoms with E-state index >= 15 is 0 Å². The SMILES string of the molecule is Cc1cc([N+]#N)cc2c1[nH]c1ccccc12. The van der Waals surface area contributed by atoms with E-state index in [-0.39, 0.29) is 0 Å². The molecule has 1 heterocycles. The van der Waals surface area contributed by atoms with Gasteiger partial charge in [0, 0.05) is 33.9 Å². The highest BCUT2D eigenvalue weighted by Gasteiger charge is 2.12. The topological polar surface area (TPSA) is 43.9 Å². The lowest BCUT2D eigenvalue weighted by Gasteiger charge is -1.92. The van der Waals surface area contributed by atoms with Gasteiger partial charge in [0.05, 0.1) is 0 Å². The first kappa shape index (κ1) is 8.93. The molecule has 0 radical (unpaired) electrons. The van der Waals surface area contributed by atoms with Gasteiger partial charge < -0.3 is 4.98 Å². The van der Waals surface area contributed by atoms with Crippen LogP contribution in [-0.2, 0) is 0 Å². The van der Waals surface area contributed by atoms with Crippen LogP contribution < -0.4 is 0 Å². The maximum Gasteiger partial charge on any atom is 0.386 e. The molecule has 0 unspecified atom stereocenters. The number of nitrogens with zero attached hydrogens (tertiary/aromatic N) is 2. The summed E-state index contributed by atoms with van der Waals surface area (Å²) in [6, 6.07) is 11.9. The number of aryl methyl sites for hydroxylation is 1. The van der Waals surface area contributed by atoms with Gasteiger partial charge in [-0.15, -0.1) is 0 Å². The van der Waals surface area contributed by atoms with E-state index in [2.05, 4.69) is 16.0 Å². The summed E-state index contributed by atoms with van der Waals surface area (Å²) in [6.07, 6.45) is 0. The van der Waals surface area contributed by atoms with Gasteiger partial charge in [-0.25, -0.2) is 0 Å². The Kier molecular flexibility index (Phi) is 1.72. The van der Waals surface area contributed by atoms with Gasteiger partial charge in [-0.2, -0.15) is 0 Å². The molecular weight excluding hydrogens is 198 g/mol. The summed E-state index contributed by atoms with van der Waals surface area (Å²) in [4.78, 5) is 6.63. The molecule has 0 aliphatic carbocycles. The molecule has 1 aromatic heterocycles. The monoisotopic (exact) mass is 208 g/mol. The Morgan fingerprint density at radius 3 is 2.75 bits per heavy atom. The van der Waals surface area contributed by atoms with Crippen molar-refractivity contribution >= 4 is 27.5 Å². The zero-order valence-electron chi connectivity index (χ0n) is 8.86. The number of aromatic amines is 1. The normalized spacial score (nSPS) is 10.8. The van der Waals surface area contributed by atoms with Crippen molar-refractivity contribution < 1.29 is 0 Å². The summed E-state index contributed by atoms with van der Waals surface area (Å²) in [6.45, 7) is 2.01. The van der Waals surface area contributed by atoms with Crippen molar-refractivity contribution in [1.82, 2.24) is 4.98 Å². The lowest BCUT2D eigenvalue weighted by molar-refractivity contribution is 1.43. The van der Waals surface area contributed by atoms with Gasteiger partial charge in [0.2, 0.25) is 5.39 Å². The van der Waals surface area contributed by atoms with Crippen molar-refractivity contribution in [3.63, 3.8) is 0 Å². The van der Waals surface area contributed by atoms with Crippen molar-refractivity contribution in [3.8, 4) is 0 Å². The highest BCUT2D eigenvalue weighted by Crippen LogP contribution is 2.31. The van der Waals surface area contributed by atoms with Crippen LogP contribution in [0, 0.1) is 12.3 Å². The summed E-state index contributed by atoms with van der Waals surface area (Å²) in [5.41, 5.74) is 3.89. The molecule has 16 heavy (non-hydrogen) atoms. The van der Waals surface area contributed by atoms with E-state index in [0.717, 1.165) is 27.4 Å². The maximum atomic E-state index is 8.85. The molecule has 0 saturated heterocycles. The van der Waals surface area contributed by atoms with Crippen LogP contribution in [0.4, 0.5) is 5.69 Å². The number of hydrogen-bond acceptors (Lipinski definition) is 1. The molecule has 0 fully saturated rings. The zero-order chi connectivity index (χ0) is 11.1. The largest absolute Gasteiger partial charge is 0.386 e. The van der Waals surface area contributed by atoms with Crippen LogP contribution in [0.2, 0.25) is 0 Å². The van der Waals surface area contributed by atoms with Crippen molar-refractivity contribution in [2.45, 2.75) is 6.92 Å². The van der Waals surface area contributed by atoms with E-state index in [0.29, 0.717) is 5.69 Å². The average molecular weight is 208 g/mol. The number of benzene rings is 2. The first-order chi connectivity index (χ1) is 7.79. The molecule has 0 amide bonds. The van der Waals surface area contributed by atoms with Crippen LogP contribution in [0.5, 0.6) is 0 Å². The predicted molar refractivity (Wildman–Crippen MR) is 65.3 cm³/mol. The van der Waals surface area contributed by atoms with Crippen LogP contribution in [0.25, 0.3) is 26.8 Å². The Hall–Kier alpha value is -2.34. The highest BCUT2D eigenvalue weighted by atomic mass is 14.8. The van der Waals surface area contributed by atoms with Crippen LogP contribution in [0.3, 0.4) is 0 Å². The number of nitrogens with one attached hydrogen (secondary N) is 1. The Bertz CT molecular complexity index is 732. The van der Waals surface area contributed by atoms with Crippen molar-refractivity contribution in [1.29, 1.82) is 5.39 Å². The van der Waals surface area contributed by atoms with E-state index in [1.54, 1.807) is 0 Å². The number of hydrogen-bond donors (Lipinski definition) is 1. The average Bonchev–Trinajstić information content (AvgIpc) is 2.68. The minimum atomic E-state index is 0.592. The van der Waals surface area contributed by atoms with E-state index in [9.17, 15) is 0 Å². The number of fused-ring (bicyclic) bond motifs is 3. The minimum Gasteiger partial charge on any atom is -0.354 e. The fourth-order valence-electron chi connectivity index (χ4n) is 2.17. The summed E-state index contributed by atoms with van der Waals surface area (Å²) in [7, 11) is 0. The van der Waals surface area contributed by atoms with E-state index in [4.69, 9.17) is 5.39 Å². The van der Waals surface area contributed by atoms with E-state index in [1.807, 2.05) is 37.3 Å². The van der Waals surface area contributed by atoms with Crippen molar-refractivity contribution in [3.05, 3.63) is 46.9 Å². The predicted octanol–water partition coefficient (Wildman–Crippen LogP) is 4.11. The third-order valence-corrected chi connectivity index (χ3v) is 2.91. The molecule has 3 nitrogen and oxygen atoms in total. The Balaban J connectivity index is 2.57. The maximum absolute atomic E-state index is 8.85. The van der Waals surface area contributed by atoms with E-state index < -0.39 is 0 Å². The molecule has 2 aromatic carbocycles. The van der Waals surface area contributed by atoms with Crippen LogP contribution in [-0.4, -0.2) is 4.98 Å². The Morgan fingerprint density at radius 1 is 1.12 bits per heavy atom. The number of diazo groups is 1. The summed E-state index contributed by atoms with van der Waals surface area (Å²) in [5.74, 6) is 0. The Labute approximate surface area is 92.3 Å². The van der Waals surface area contributed by atoms with Gasteiger partial charge in [0.1, 0.15) is 0 Å². The molecule has 0 aliphatic rings. The zero-order valence-corrected chi connectivity index (χ0v) is 8.86. The number of para-hydroxylation sites is 1. The smallest absolute Gasteiger partial charge is 0.354 e. The molecule has 0 aliphatic heterocycles. The molecule has 1 N–H and O–H groups in total. The van der Waals surface area contributed by atoms with Crippen molar-refractivity contribution in [2.75, 3.05) is 0 Å². The molecule has 0 bridgehead atoms. The lowest BCUT2D eigenvalue weighted by Crippen LogP contribution is -1.75. The van der Waals surface area contributed by atoms with Gasteiger partial charge >= 0.3 is 5.69 Å². The summed E-state index contributed by atoms with van der Waals surface area (Å²) in [5, 5.41) is 11.1. The Morgan fingerprint density at radius 2 is 1.94 bits per heavy atom. The molecule has 0 saturated carbocycles. The first-order valence-electron chi connectivity index (χ1n) is 5.16. The first-order valence-corrected chi connectivity index (χ1v) is 5.16. The number of rotatable bonds is 0. The molecule has 76 valence electrons. The highest BCUT2D eigenvalue weighted by molar-refractivity contribution is 6.09. The molecular formula is C13H10N3+. The third kappa shape index (κ3) is 1.10. The standard InChI is InChI=1S/C13H10N3/c1-8-6-9(16-14)7-11-10-4-2-3-5-12(10)15-13(8)11/h2-7,15H,1H3/q+1. The summed E-state index contributed by atoms with van der Waals surface area (Å²) >= 11 is 0.